The maximum absolute atomic E-state index is 12.9. The Labute approximate surface area is 105 Å². The lowest BCUT2D eigenvalue weighted by molar-refractivity contribution is 0.506. The highest BCUT2D eigenvalue weighted by molar-refractivity contribution is 7.89. The molecule has 0 saturated carbocycles. The van der Waals surface area contributed by atoms with E-state index in [1.807, 2.05) is 6.92 Å². The van der Waals surface area contributed by atoms with Crippen LogP contribution in [0.2, 0.25) is 0 Å². The van der Waals surface area contributed by atoms with Crippen LogP contribution in [-0.2, 0) is 16.6 Å². The quantitative estimate of drug-likeness (QED) is 0.731. The molecule has 0 spiro atoms. The molecule has 0 heterocycles. The van der Waals surface area contributed by atoms with Gasteiger partial charge in [-0.2, -0.15) is 0 Å². The predicted octanol–water partition coefficient (Wildman–Crippen LogP) is 0.994. The Morgan fingerprint density at radius 2 is 1.94 bits per heavy atom. The smallest absolute Gasteiger partial charge is 0.213 e. The first-order valence-electron chi connectivity index (χ1n) is 5.56. The van der Waals surface area contributed by atoms with Crippen LogP contribution < -0.4 is 10.0 Å². The molecule has 0 atom stereocenters. The maximum Gasteiger partial charge on any atom is 0.213 e. The minimum atomic E-state index is -3.40. The van der Waals surface area contributed by atoms with Gasteiger partial charge in [-0.1, -0.05) is 13.0 Å². The zero-order chi connectivity index (χ0) is 13.6. The highest BCUT2D eigenvalue weighted by Gasteiger charge is 2.10. The number of benzene rings is 1. The van der Waals surface area contributed by atoms with Crippen molar-refractivity contribution < 1.29 is 17.2 Å². The molecule has 1 aromatic carbocycles. The molecular formula is C11H16F2N2O2S. The lowest BCUT2D eigenvalue weighted by Crippen LogP contribution is -2.31. The average Bonchev–Trinajstić information content (AvgIpc) is 2.31. The van der Waals surface area contributed by atoms with E-state index < -0.39 is 21.7 Å². The van der Waals surface area contributed by atoms with E-state index in [4.69, 9.17) is 0 Å². The van der Waals surface area contributed by atoms with Gasteiger partial charge in [0.15, 0.2) is 11.6 Å². The summed E-state index contributed by atoms with van der Waals surface area (Å²) in [5.41, 5.74) is 0.376. The van der Waals surface area contributed by atoms with Crippen molar-refractivity contribution in [2.75, 3.05) is 18.8 Å². The van der Waals surface area contributed by atoms with Crippen molar-refractivity contribution in [2.24, 2.45) is 0 Å². The fourth-order valence-corrected chi connectivity index (χ4v) is 2.24. The molecule has 18 heavy (non-hydrogen) atoms. The lowest BCUT2D eigenvalue weighted by atomic mass is 10.2. The highest BCUT2D eigenvalue weighted by atomic mass is 32.2. The summed E-state index contributed by atoms with van der Waals surface area (Å²) in [7, 11) is -3.40. The van der Waals surface area contributed by atoms with Crippen molar-refractivity contribution in [2.45, 2.75) is 13.5 Å². The van der Waals surface area contributed by atoms with E-state index in [9.17, 15) is 17.2 Å². The van der Waals surface area contributed by atoms with E-state index in [0.717, 1.165) is 12.1 Å². The lowest BCUT2D eigenvalue weighted by Gasteiger charge is -2.07. The van der Waals surface area contributed by atoms with E-state index in [2.05, 4.69) is 10.0 Å². The normalized spacial score (nSPS) is 11.7. The van der Waals surface area contributed by atoms with Gasteiger partial charge in [0.2, 0.25) is 10.0 Å². The molecule has 0 aliphatic rings. The predicted molar refractivity (Wildman–Crippen MR) is 65.5 cm³/mol. The molecule has 4 nitrogen and oxygen atoms in total. The van der Waals surface area contributed by atoms with Gasteiger partial charge in [0.1, 0.15) is 0 Å². The fourth-order valence-electron chi connectivity index (χ4n) is 1.30. The van der Waals surface area contributed by atoms with Gasteiger partial charge >= 0.3 is 0 Å². The first-order valence-corrected chi connectivity index (χ1v) is 7.22. The van der Waals surface area contributed by atoms with Crippen LogP contribution in [0.3, 0.4) is 0 Å². The van der Waals surface area contributed by atoms with E-state index >= 15 is 0 Å². The zero-order valence-corrected chi connectivity index (χ0v) is 10.9. The summed E-state index contributed by atoms with van der Waals surface area (Å²) in [6.07, 6.45) is 0. The van der Waals surface area contributed by atoms with Crippen molar-refractivity contribution in [1.82, 2.24) is 10.0 Å². The highest BCUT2D eigenvalue weighted by Crippen LogP contribution is 2.08. The molecular weight excluding hydrogens is 262 g/mol. The number of nitrogens with one attached hydrogen (secondary N) is 2. The Kier molecular flexibility index (Phi) is 5.64. The summed E-state index contributed by atoms with van der Waals surface area (Å²) in [4.78, 5) is 0. The minimum Gasteiger partial charge on any atom is -0.316 e. The molecule has 0 unspecified atom stereocenters. The Bertz CT molecular complexity index is 492. The van der Waals surface area contributed by atoms with Gasteiger partial charge in [-0.15, -0.1) is 0 Å². The van der Waals surface area contributed by atoms with Gasteiger partial charge in [0.05, 0.1) is 5.75 Å². The first-order chi connectivity index (χ1) is 8.44. The number of hydrogen-bond donors (Lipinski definition) is 2. The molecule has 0 bridgehead atoms. The van der Waals surface area contributed by atoms with Crippen LogP contribution in [0.25, 0.3) is 0 Å². The minimum absolute atomic E-state index is 0.0499. The molecule has 0 aromatic heterocycles. The van der Waals surface area contributed by atoms with Gasteiger partial charge in [-0.05, 0) is 24.2 Å². The van der Waals surface area contributed by atoms with Crippen molar-refractivity contribution in [1.29, 1.82) is 0 Å². The summed E-state index contributed by atoms with van der Waals surface area (Å²) in [6, 6.07) is 3.28. The number of rotatable bonds is 7. The summed E-state index contributed by atoms with van der Waals surface area (Å²) < 4.78 is 50.9. The second-order valence-corrected chi connectivity index (χ2v) is 5.67. The largest absolute Gasteiger partial charge is 0.316 e. The van der Waals surface area contributed by atoms with Crippen molar-refractivity contribution in [3.63, 3.8) is 0 Å². The van der Waals surface area contributed by atoms with Crippen molar-refractivity contribution >= 4 is 10.0 Å². The van der Waals surface area contributed by atoms with Gasteiger partial charge < -0.3 is 5.32 Å². The second kappa shape index (κ2) is 6.77. The monoisotopic (exact) mass is 278 g/mol. The summed E-state index contributed by atoms with van der Waals surface area (Å²) in [5, 5.41) is 2.89. The Morgan fingerprint density at radius 1 is 1.22 bits per heavy atom. The third-order valence-electron chi connectivity index (χ3n) is 2.28. The van der Waals surface area contributed by atoms with Crippen molar-refractivity contribution in [3.05, 3.63) is 35.4 Å². The van der Waals surface area contributed by atoms with Gasteiger partial charge in [-0.25, -0.2) is 21.9 Å². The van der Waals surface area contributed by atoms with Gasteiger partial charge in [-0.3, -0.25) is 0 Å². The van der Waals surface area contributed by atoms with E-state index in [1.165, 1.54) is 6.07 Å². The number of sulfonamides is 1. The number of hydrogen-bond acceptors (Lipinski definition) is 3. The molecule has 1 aromatic rings. The third kappa shape index (κ3) is 5.07. The fraction of sp³-hybridized carbons (Fsp3) is 0.455. The Hall–Kier alpha value is -1.05. The molecule has 2 N–H and O–H groups in total. The molecule has 102 valence electrons. The topological polar surface area (TPSA) is 58.2 Å². The maximum atomic E-state index is 12.9. The zero-order valence-electron chi connectivity index (χ0n) is 10.0. The van der Waals surface area contributed by atoms with Gasteiger partial charge in [0.25, 0.3) is 0 Å². The van der Waals surface area contributed by atoms with E-state index in [1.54, 1.807) is 0 Å². The van der Waals surface area contributed by atoms with Crippen LogP contribution in [0.5, 0.6) is 0 Å². The standard InChI is InChI=1S/C11H16F2N2O2S/c1-2-14-5-6-18(16,17)15-8-9-3-4-10(12)11(13)7-9/h3-4,7,14-15H,2,5-6,8H2,1H3. The van der Waals surface area contributed by atoms with Crippen LogP contribution in [0, 0.1) is 11.6 Å². The van der Waals surface area contributed by atoms with Gasteiger partial charge in [0, 0.05) is 13.1 Å². The average molecular weight is 278 g/mol. The SMILES string of the molecule is CCNCCS(=O)(=O)NCc1ccc(F)c(F)c1. The molecule has 0 saturated heterocycles. The molecule has 0 amide bonds. The van der Waals surface area contributed by atoms with Crippen LogP contribution in [0.15, 0.2) is 18.2 Å². The summed E-state index contributed by atoms with van der Waals surface area (Å²) in [6.45, 7) is 2.87. The Morgan fingerprint density at radius 3 is 2.56 bits per heavy atom. The molecule has 7 heteroatoms. The summed E-state index contributed by atoms with van der Waals surface area (Å²) in [5.74, 6) is -1.99. The molecule has 1 rings (SSSR count). The summed E-state index contributed by atoms with van der Waals surface area (Å²) >= 11 is 0. The van der Waals surface area contributed by atoms with E-state index in [-0.39, 0.29) is 12.3 Å². The van der Waals surface area contributed by atoms with Crippen LogP contribution in [0.4, 0.5) is 8.78 Å². The molecule has 0 fully saturated rings. The molecule has 0 radical (unpaired) electrons. The molecule has 0 aliphatic heterocycles. The van der Waals surface area contributed by atoms with Crippen LogP contribution in [-0.4, -0.2) is 27.3 Å². The molecule has 0 aliphatic carbocycles. The second-order valence-electron chi connectivity index (χ2n) is 3.74. The van der Waals surface area contributed by atoms with Crippen LogP contribution in [0.1, 0.15) is 12.5 Å². The third-order valence-corrected chi connectivity index (χ3v) is 3.60. The first kappa shape index (κ1) is 15.0. The number of halogens is 2. The van der Waals surface area contributed by atoms with E-state index in [0.29, 0.717) is 18.7 Å². The Balaban J connectivity index is 2.51. The van der Waals surface area contributed by atoms with Crippen LogP contribution >= 0.6 is 0 Å². The van der Waals surface area contributed by atoms with Crippen molar-refractivity contribution in [3.8, 4) is 0 Å².